The third-order valence-corrected chi connectivity index (χ3v) is 3.68. The summed E-state index contributed by atoms with van der Waals surface area (Å²) in [5, 5.41) is 10.6. The van der Waals surface area contributed by atoms with Crippen LogP contribution in [0.4, 0.5) is 20.2 Å². The van der Waals surface area contributed by atoms with E-state index in [1.54, 1.807) is 0 Å². The minimum Gasteiger partial charge on any atom is -0.398 e. The molecule has 4 nitrogen and oxygen atoms in total. The van der Waals surface area contributed by atoms with E-state index in [0.717, 1.165) is 6.07 Å². The Kier molecular flexibility index (Phi) is 4.19. The Hall–Kier alpha value is -2.15. The topological polar surface area (TPSA) is 69.2 Å². The third-order valence-electron chi connectivity index (χ3n) is 2.52. The second-order valence-corrected chi connectivity index (χ2v) is 5.06. The highest BCUT2D eigenvalue weighted by Crippen LogP contribution is 2.29. The number of anilines is 1. The Morgan fingerprint density at radius 1 is 1.15 bits per heavy atom. The number of non-ortho nitro benzene ring substituents is 1. The van der Waals surface area contributed by atoms with Crippen LogP contribution in [0.5, 0.6) is 0 Å². The van der Waals surface area contributed by atoms with Crippen molar-refractivity contribution in [1.29, 1.82) is 0 Å². The van der Waals surface area contributed by atoms with Gasteiger partial charge in [-0.25, -0.2) is 8.78 Å². The second kappa shape index (κ2) is 5.87. The Morgan fingerprint density at radius 3 is 2.55 bits per heavy atom. The Morgan fingerprint density at radius 2 is 1.90 bits per heavy atom. The zero-order valence-corrected chi connectivity index (χ0v) is 11.0. The number of nitrogen functional groups attached to an aromatic ring is 1. The molecule has 2 rings (SSSR count). The monoisotopic (exact) mass is 296 g/mol. The Labute approximate surface area is 117 Å². The quantitative estimate of drug-likeness (QED) is 0.404. The van der Waals surface area contributed by atoms with E-state index >= 15 is 0 Å². The summed E-state index contributed by atoms with van der Waals surface area (Å²) >= 11 is 1.26. The molecule has 0 aliphatic heterocycles. The Balaban J connectivity index is 2.16. The molecule has 7 heteroatoms. The highest BCUT2D eigenvalue weighted by molar-refractivity contribution is 7.98. The molecule has 0 spiro atoms. The maximum absolute atomic E-state index is 13.3. The van der Waals surface area contributed by atoms with Crippen molar-refractivity contribution in [2.75, 3.05) is 5.73 Å². The summed E-state index contributed by atoms with van der Waals surface area (Å²) in [5.41, 5.74) is 6.09. The van der Waals surface area contributed by atoms with Gasteiger partial charge in [0.05, 0.1) is 11.0 Å². The van der Waals surface area contributed by atoms with Gasteiger partial charge in [-0.3, -0.25) is 10.1 Å². The zero-order chi connectivity index (χ0) is 14.7. The molecule has 0 aliphatic carbocycles. The first-order valence-corrected chi connectivity index (χ1v) is 6.56. The van der Waals surface area contributed by atoms with Crippen molar-refractivity contribution in [1.82, 2.24) is 0 Å². The van der Waals surface area contributed by atoms with Crippen LogP contribution in [0.3, 0.4) is 0 Å². The van der Waals surface area contributed by atoms with Crippen LogP contribution in [0.1, 0.15) is 5.56 Å². The van der Waals surface area contributed by atoms with Crippen LogP contribution >= 0.6 is 11.8 Å². The van der Waals surface area contributed by atoms with Crippen molar-refractivity contribution in [3.05, 3.63) is 63.7 Å². The van der Waals surface area contributed by atoms with Gasteiger partial charge < -0.3 is 5.73 Å². The van der Waals surface area contributed by atoms with Gasteiger partial charge in [0.15, 0.2) is 0 Å². The van der Waals surface area contributed by atoms with Crippen molar-refractivity contribution >= 4 is 23.1 Å². The molecule has 104 valence electrons. The van der Waals surface area contributed by atoms with Crippen molar-refractivity contribution in [2.24, 2.45) is 0 Å². The number of hydrogen-bond acceptors (Lipinski definition) is 4. The summed E-state index contributed by atoms with van der Waals surface area (Å²) in [7, 11) is 0. The molecule has 0 aliphatic rings. The van der Waals surface area contributed by atoms with Crippen LogP contribution in [0, 0.1) is 21.7 Å². The van der Waals surface area contributed by atoms with Crippen LogP contribution in [-0.2, 0) is 5.75 Å². The zero-order valence-electron chi connectivity index (χ0n) is 10.2. The molecule has 0 saturated carbocycles. The van der Waals surface area contributed by atoms with Crippen LogP contribution in [0.2, 0.25) is 0 Å². The fourth-order valence-corrected chi connectivity index (χ4v) is 2.51. The first kappa shape index (κ1) is 14.3. The Bertz CT molecular complexity index is 665. The minimum atomic E-state index is -0.665. The van der Waals surface area contributed by atoms with E-state index in [1.165, 1.54) is 42.1 Å². The van der Waals surface area contributed by atoms with E-state index in [2.05, 4.69) is 0 Å². The molecule has 0 unspecified atom stereocenters. The molecular weight excluding hydrogens is 286 g/mol. The number of hydrogen-bond donors (Lipinski definition) is 1. The van der Waals surface area contributed by atoms with Gasteiger partial charge in [0.1, 0.15) is 11.6 Å². The summed E-state index contributed by atoms with van der Waals surface area (Å²) in [5.74, 6) is -0.802. The highest BCUT2D eigenvalue weighted by Gasteiger charge is 2.10. The van der Waals surface area contributed by atoms with E-state index in [1.807, 2.05) is 0 Å². The van der Waals surface area contributed by atoms with Gasteiger partial charge in [0.25, 0.3) is 5.69 Å². The summed E-state index contributed by atoms with van der Waals surface area (Å²) in [4.78, 5) is 10.6. The van der Waals surface area contributed by atoms with Gasteiger partial charge in [0.2, 0.25) is 0 Å². The first-order valence-electron chi connectivity index (χ1n) is 5.57. The minimum absolute atomic E-state index is 0.279. The SMILES string of the molecule is Nc1cc(F)ccc1SCc1cc(F)cc([N+](=O)[O-])c1. The summed E-state index contributed by atoms with van der Waals surface area (Å²) < 4.78 is 26.1. The van der Waals surface area contributed by atoms with Gasteiger partial charge in [-0.2, -0.15) is 0 Å². The first-order chi connectivity index (χ1) is 9.45. The molecule has 0 amide bonds. The molecule has 0 radical (unpaired) electrons. The average Bonchev–Trinajstić information content (AvgIpc) is 2.37. The lowest BCUT2D eigenvalue weighted by Crippen LogP contribution is -1.93. The highest BCUT2D eigenvalue weighted by atomic mass is 32.2. The fraction of sp³-hybridized carbons (Fsp3) is 0.0769. The molecular formula is C13H10F2N2O2S. The van der Waals surface area contributed by atoms with Gasteiger partial charge in [-0.1, -0.05) is 0 Å². The lowest BCUT2D eigenvalue weighted by atomic mass is 10.2. The maximum Gasteiger partial charge on any atom is 0.272 e. The van der Waals surface area contributed by atoms with E-state index in [-0.39, 0.29) is 11.4 Å². The van der Waals surface area contributed by atoms with Gasteiger partial charge in [-0.05, 0) is 29.8 Å². The summed E-state index contributed by atoms with van der Waals surface area (Å²) in [6.07, 6.45) is 0. The van der Waals surface area contributed by atoms with Crippen molar-refractivity contribution < 1.29 is 13.7 Å². The smallest absolute Gasteiger partial charge is 0.272 e. The number of nitrogens with two attached hydrogens (primary N) is 1. The predicted molar refractivity (Wildman–Crippen MR) is 73.4 cm³/mol. The van der Waals surface area contributed by atoms with Crippen LogP contribution < -0.4 is 5.73 Å². The number of thioether (sulfide) groups is 1. The molecule has 20 heavy (non-hydrogen) atoms. The van der Waals surface area contributed by atoms with Gasteiger partial charge in [0, 0.05) is 22.4 Å². The van der Waals surface area contributed by atoms with Crippen LogP contribution in [0.15, 0.2) is 41.3 Å². The number of rotatable bonds is 4. The van der Waals surface area contributed by atoms with Crippen molar-refractivity contribution in [3.63, 3.8) is 0 Å². The van der Waals surface area contributed by atoms with Crippen molar-refractivity contribution in [3.8, 4) is 0 Å². The number of halogens is 2. The van der Waals surface area contributed by atoms with E-state index in [0.29, 0.717) is 16.2 Å². The molecule has 0 bridgehead atoms. The van der Waals surface area contributed by atoms with Crippen LogP contribution in [-0.4, -0.2) is 4.92 Å². The van der Waals surface area contributed by atoms with Gasteiger partial charge >= 0.3 is 0 Å². The molecule has 2 aromatic rings. The lowest BCUT2D eigenvalue weighted by Gasteiger charge is -2.06. The number of nitro benzene ring substituents is 1. The molecule has 0 aromatic heterocycles. The maximum atomic E-state index is 13.3. The normalized spacial score (nSPS) is 10.5. The molecule has 0 saturated heterocycles. The van der Waals surface area contributed by atoms with Crippen molar-refractivity contribution in [2.45, 2.75) is 10.6 Å². The number of nitro groups is 1. The standard InChI is InChI=1S/C13H10F2N2O2S/c14-9-1-2-13(12(16)6-9)20-7-8-3-10(15)5-11(4-8)17(18)19/h1-6H,7,16H2. The molecule has 2 N–H and O–H groups in total. The molecule has 0 atom stereocenters. The largest absolute Gasteiger partial charge is 0.398 e. The number of benzene rings is 2. The molecule has 0 heterocycles. The molecule has 2 aromatic carbocycles. The summed E-state index contributed by atoms with van der Waals surface area (Å²) in [6.45, 7) is 0. The molecule has 0 fully saturated rings. The van der Waals surface area contributed by atoms with E-state index in [4.69, 9.17) is 5.73 Å². The predicted octanol–water partition coefficient (Wildman–Crippen LogP) is 3.75. The van der Waals surface area contributed by atoms with E-state index in [9.17, 15) is 18.9 Å². The number of nitrogens with zero attached hydrogens (tertiary/aromatic N) is 1. The van der Waals surface area contributed by atoms with Crippen LogP contribution in [0.25, 0.3) is 0 Å². The fourth-order valence-electron chi connectivity index (χ4n) is 1.63. The van der Waals surface area contributed by atoms with E-state index < -0.39 is 16.6 Å². The lowest BCUT2D eigenvalue weighted by molar-refractivity contribution is -0.385. The van der Waals surface area contributed by atoms with Gasteiger partial charge in [-0.15, -0.1) is 11.8 Å². The average molecular weight is 296 g/mol. The third kappa shape index (κ3) is 3.45. The summed E-state index contributed by atoms with van der Waals surface area (Å²) in [6, 6.07) is 7.36. The second-order valence-electron chi connectivity index (χ2n) is 4.05.